The number of hydrogen-bond acceptors (Lipinski definition) is 1. The van der Waals surface area contributed by atoms with E-state index in [0.29, 0.717) is 5.57 Å². The second kappa shape index (κ2) is 4.56. The first-order chi connectivity index (χ1) is 4.66. The van der Waals surface area contributed by atoms with Crippen molar-refractivity contribution in [1.29, 1.82) is 0 Å². The summed E-state index contributed by atoms with van der Waals surface area (Å²) in [6.07, 6.45) is 6.11. The molecular formula is C8H10O2. The maximum atomic E-state index is 10.0. The van der Waals surface area contributed by atoms with Crippen molar-refractivity contribution < 1.29 is 9.90 Å². The van der Waals surface area contributed by atoms with Crippen LogP contribution in [0.1, 0.15) is 6.92 Å². The van der Waals surface area contributed by atoms with Crippen LogP contribution in [0.15, 0.2) is 36.5 Å². The molecule has 0 fully saturated rings. The average molecular weight is 138 g/mol. The average Bonchev–Trinajstić information content (AvgIpc) is 1.82. The number of hydrogen-bond donors (Lipinski definition) is 1. The van der Waals surface area contributed by atoms with E-state index < -0.39 is 5.97 Å². The lowest BCUT2D eigenvalue weighted by atomic mass is 10.2. The SMILES string of the molecule is C=C/C=C/C(C)=C\C(=O)O. The van der Waals surface area contributed by atoms with Gasteiger partial charge in [0.15, 0.2) is 0 Å². The molecule has 0 rings (SSSR count). The summed E-state index contributed by atoms with van der Waals surface area (Å²) >= 11 is 0. The van der Waals surface area contributed by atoms with Crippen LogP contribution >= 0.6 is 0 Å². The molecule has 0 spiro atoms. The van der Waals surface area contributed by atoms with Crippen molar-refractivity contribution in [3.05, 3.63) is 36.5 Å². The lowest BCUT2D eigenvalue weighted by Crippen LogP contribution is -1.87. The lowest BCUT2D eigenvalue weighted by Gasteiger charge is -1.85. The molecular weight excluding hydrogens is 128 g/mol. The molecule has 54 valence electrons. The van der Waals surface area contributed by atoms with Crippen molar-refractivity contribution in [3.63, 3.8) is 0 Å². The fourth-order valence-corrected chi connectivity index (χ4v) is 0.463. The van der Waals surface area contributed by atoms with E-state index in [9.17, 15) is 4.79 Å². The van der Waals surface area contributed by atoms with Crippen LogP contribution in [0.4, 0.5) is 0 Å². The molecule has 0 aromatic heterocycles. The first kappa shape index (κ1) is 8.69. The van der Waals surface area contributed by atoms with E-state index in [2.05, 4.69) is 6.58 Å². The Labute approximate surface area is 60.2 Å². The Balaban J connectivity index is 4.06. The summed E-state index contributed by atoms with van der Waals surface area (Å²) in [4.78, 5) is 10.0. The molecule has 10 heavy (non-hydrogen) atoms. The quantitative estimate of drug-likeness (QED) is 0.476. The minimum Gasteiger partial charge on any atom is -0.478 e. The predicted octanol–water partition coefficient (Wildman–Crippen LogP) is 1.76. The highest BCUT2D eigenvalue weighted by molar-refractivity contribution is 5.81. The Kier molecular flexibility index (Phi) is 3.96. The Morgan fingerprint density at radius 1 is 1.60 bits per heavy atom. The van der Waals surface area contributed by atoms with Crippen molar-refractivity contribution in [1.82, 2.24) is 0 Å². The molecule has 0 unspecified atom stereocenters. The van der Waals surface area contributed by atoms with Crippen LogP contribution in [0.2, 0.25) is 0 Å². The number of carboxylic acid groups (broad SMARTS) is 1. The van der Waals surface area contributed by atoms with Crippen LogP contribution in [0.5, 0.6) is 0 Å². The Hall–Kier alpha value is -1.31. The first-order valence-electron chi connectivity index (χ1n) is 2.87. The molecule has 0 aliphatic rings. The normalized spacial score (nSPS) is 11.9. The van der Waals surface area contributed by atoms with E-state index in [1.165, 1.54) is 0 Å². The molecule has 0 saturated carbocycles. The maximum absolute atomic E-state index is 10.0. The topological polar surface area (TPSA) is 37.3 Å². The third-order valence-corrected chi connectivity index (χ3v) is 0.846. The second-order valence-electron chi connectivity index (χ2n) is 1.82. The predicted molar refractivity (Wildman–Crippen MR) is 40.7 cm³/mol. The number of allylic oxidation sites excluding steroid dienone is 4. The molecule has 0 aliphatic carbocycles. The third kappa shape index (κ3) is 4.84. The number of aliphatic carboxylic acids is 1. The summed E-state index contributed by atoms with van der Waals surface area (Å²) in [5.74, 6) is -0.925. The molecule has 0 saturated heterocycles. The highest BCUT2D eigenvalue weighted by Crippen LogP contribution is 1.93. The van der Waals surface area contributed by atoms with Gasteiger partial charge in [-0.3, -0.25) is 0 Å². The molecule has 0 atom stereocenters. The van der Waals surface area contributed by atoms with E-state index in [1.807, 2.05) is 0 Å². The molecule has 0 heterocycles. The first-order valence-corrected chi connectivity index (χ1v) is 2.87. The van der Waals surface area contributed by atoms with Gasteiger partial charge >= 0.3 is 5.97 Å². The van der Waals surface area contributed by atoms with Crippen molar-refractivity contribution in [2.45, 2.75) is 6.92 Å². The Morgan fingerprint density at radius 2 is 2.20 bits per heavy atom. The van der Waals surface area contributed by atoms with Gasteiger partial charge in [0.2, 0.25) is 0 Å². The van der Waals surface area contributed by atoms with Gasteiger partial charge < -0.3 is 5.11 Å². The van der Waals surface area contributed by atoms with Gasteiger partial charge in [0, 0.05) is 6.08 Å². The van der Waals surface area contributed by atoms with Gasteiger partial charge in [0.05, 0.1) is 0 Å². The van der Waals surface area contributed by atoms with E-state index in [-0.39, 0.29) is 0 Å². The van der Waals surface area contributed by atoms with E-state index in [0.717, 1.165) is 6.08 Å². The lowest BCUT2D eigenvalue weighted by molar-refractivity contribution is -0.131. The van der Waals surface area contributed by atoms with Gasteiger partial charge in [-0.05, 0) is 12.5 Å². The molecule has 0 aliphatic heterocycles. The summed E-state index contributed by atoms with van der Waals surface area (Å²) in [5, 5.41) is 8.25. The Morgan fingerprint density at radius 3 is 2.60 bits per heavy atom. The standard InChI is InChI=1S/C8H10O2/c1-3-4-5-7(2)6-8(9)10/h3-6H,1H2,2H3,(H,9,10)/b5-4+,7-6-. The summed E-state index contributed by atoms with van der Waals surface area (Å²) < 4.78 is 0. The minimum absolute atomic E-state index is 0.701. The number of rotatable bonds is 3. The van der Waals surface area contributed by atoms with Gasteiger partial charge in [0.25, 0.3) is 0 Å². The molecule has 0 bridgehead atoms. The summed E-state index contributed by atoms with van der Waals surface area (Å²) in [7, 11) is 0. The van der Waals surface area contributed by atoms with E-state index >= 15 is 0 Å². The van der Waals surface area contributed by atoms with Crippen LogP contribution in [0, 0.1) is 0 Å². The molecule has 0 radical (unpaired) electrons. The van der Waals surface area contributed by atoms with Crippen molar-refractivity contribution >= 4 is 5.97 Å². The number of carbonyl (C=O) groups is 1. The van der Waals surface area contributed by atoms with Crippen LogP contribution < -0.4 is 0 Å². The molecule has 0 amide bonds. The maximum Gasteiger partial charge on any atom is 0.328 e. The monoisotopic (exact) mass is 138 g/mol. The van der Waals surface area contributed by atoms with Gasteiger partial charge in [-0.1, -0.05) is 24.8 Å². The zero-order valence-corrected chi connectivity index (χ0v) is 5.87. The largest absolute Gasteiger partial charge is 0.478 e. The van der Waals surface area contributed by atoms with Crippen LogP contribution in [-0.4, -0.2) is 11.1 Å². The fourth-order valence-electron chi connectivity index (χ4n) is 0.463. The van der Waals surface area contributed by atoms with Gasteiger partial charge in [-0.2, -0.15) is 0 Å². The Bertz CT molecular complexity index is 187. The second-order valence-corrected chi connectivity index (χ2v) is 1.82. The van der Waals surface area contributed by atoms with Gasteiger partial charge in [0.1, 0.15) is 0 Å². The van der Waals surface area contributed by atoms with Crippen molar-refractivity contribution in [3.8, 4) is 0 Å². The fraction of sp³-hybridized carbons (Fsp3) is 0.125. The highest BCUT2D eigenvalue weighted by atomic mass is 16.4. The van der Waals surface area contributed by atoms with Crippen LogP contribution in [-0.2, 0) is 4.79 Å². The minimum atomic E-state index is -0.925. The van der Waals surface area contributed by atoms with Gasteiger partial charge in [-0.15, -0.1) is 0 Å². The van der Waals surface area contributed by atoms with Gasteiger partial charge in [-0.25, -0.2) is 4.79 Å². The van der Waals surface area contributed by atoms with E-state index in [4.69, 9.17) is 5.11 Å². The van der Waals surface area contributed by atoms with Crippen LogP contribution in [0.3, 0.4) is 0 Å². The number of carboxylic acids is 1. The summed E-state index contributed by atoms with van der Waals surface area (Å²) in [6, 6.07) is 0. The molecule has 1 N–H and O–H groups in total. The molecule has 2 nitrogen and oxygen atoms in total. The zero-order chi connectivity index (χ0) is 7.98. The molecule has 2 heteroatoms. The molecule has 0 aromatic carbocycles. The summed E-state index contributed by atoms with van der Waals surface area (Å²) in [5.41, 5.74) is 0.701. The highest BCUT2D eigenvalue weighted by Gasteiger charge is 1.87. The molecule has 0 aromatic rings. The van der Waals surface area contributed by atoms with E-state index in [1.54, 1.807) is 25.2 Å². The smallest absolute Gasteiger partial charge is 0.328 e. The van der Waals surface area contributed by atoms with Crippen molar-refractivity contribution in [2.75, 3.05) is 0 Å². The zero-order valence-electron chi connectivity index (χ0n) is 5.87. The summed E-state index contributed by atoms with van der Waals surface area (Å²) in [6.45, 7) is 5.17. The van der Waals surface area contributed by atoms with Crippen LogP contribution in [0.25, 0.3) is 0 Å². The third-order valence-electron chi connectivity index (χ3n) is 0.846. The van der Waals surface area contributed by atoms with Crippen molar-refractivity contribution in [2.24, 2.45) is 0 Å².